The Bertz CT molecular complexity index is 3660. The lowest BCUT2D eigenvalue weighted by Gasteiger charge is -2.26. The molecule has 0 radical (unpaired) electrons. The Balaban J connectivity index is 1.64. The van der Waals surface area contributed by atoms with Gasteiger partial charge in [0.05, 0.1) is 58.3 Å². The van der Waals surface area contributed by atoms with Crippen molar-refractivity contribution >= 4 is 135 Å². The smallest absolute Gasteiger partial charge is 0.303 e. The number of benzene rings is 1. The van der Waals surface area contributed by atoms with E-state index in [2.05, 4.69) is 89.4 Å². The van der Waals surface area contributed by atoms with Crippen molar-refractivity contribution in [3.63, 3.8) is 0 Å². The number of carboxylic acids is 1. The van der Waals surface area contributed by atoms with Crippen molar-refractivity contribution in [3.05, 3.63) is 54.2 Å². The summed E-state index contributed by atoms with van der Waals surface area (Å²) in [5, 5.41) is 54.9. The van der Waals surface area contributed by atoms with Gasteiger partial charge in [-0.25, -0.2) is 4.98 Å². The number of imidazole rings is 1. The number of nitrogens with one attached hydrogen (secondary N) is 16. The van der Waals surface area contributed by atoms with Crippen molar-refractivity contribution in [3.8, 4) is 0 Å². The van der Waals surface area contributed by atoms with Crippen LogP contribution in [0.5, 0.6) is 0 Å². The molecule has 3 aromatic rings. The predicted molar refractivity (Wildman–Crippen MR) is 409 cm³/mol. The van der Waals surface area contributed by atoms with E-state index in [-0.39, 0.29) is 94.9 Å². The number of hydrogen-bond acceptors (Lipinski definition) is 24. The fourth-order valence-corrected chi connectivity index (χ4v) is 11.8. The highest BCUT2D eigenvalue weighted by molar-refractivity contribution is 7.99. The highest BCUT2D eigenvalue weighted by Crippen LogP contribution is 2.20. The van der Waals surface area contributed by atoms with Crippen LogP contribution in [0.15, 0.2) is 43.0 Å². The normalized spacial score (nSPS) is 13.8. The molecule has 2 aromatic heterocycles. The van der Waals surface area contributed by atoms with Gasteiger partial charge in [-0.2, -0.15) is 11.8 Å². The van der Waals surface area contributed by atoms with E-state index in [4.69, 9.17) is 20.9 Å². The summed E-state index contributed by atoms with van der Waals surface area (Å²) in [5.41, 5.74) is 12.7. The zero-order valence-electron chi connectivity index (χ0n) is 64.1. The SMILES string of the molecule is CSCC[C@H](NC(=O)[C@H](CC(C)C)NC(=O)[C@H](Cc1cnc[nH]1)NC(=O)CNC(=O)[C@@H](NC(=O)[C@H](C)NC(=O)[C@H](Cc1c[nH]c2ccccc12)NC(=O)[C@H](CCC(N)=O)NC(=O)COCCOCCNC(=O)[C@H](CCC(=O)O)NC(=O)CNC(=O)[C@H](CSCNC(C)=O)NC(=O)[C@H](CO)NC(=O)CN(C)C)C(C)C)C(N)=O. The van der Waals surface area contributed by atoms with Crippen LogP contribution in [-0.4, -0.2) is 288 Å². The minimum Gasteiger partial charge on any atom is -0.481 e. The molecular weight excluding hydrogens is 1510 g/mol. The van der Waals surface area contributed by atoms with E-state index in [1.807, 2.05) is 20.1 Å². The number of aliphatic carboxylic acids is 1. The second-order valence-corrected chi connectivity index (χ2v) is 28.9. The zero-order chi connectivity index (χ0) is 83.6. The Hall–Kier alpha value is -10.5. The summed E-state index contributed by atoms with van der Waals surface area (Å²) in [4.78, 5) is 234. The van der Waals surface area contributed by atoms with Crippen LogP contribution in [0, 0.1) is 11.8 Å². The number of nitrogens with two attached hydrogens (primary N) is 2. The molecule has 0 aliphatic rings. The molecule has 0 spiro atoms. The Labute approximate surface area is 655 Å². The van der Waals surface area contributed by atoms with Gasteiger partial charge in [0, 0.05) is 73.9 Å². The Morgan fingerprint density at radius 3 is 1.75 bits per heavy atom. The molecule has 43 heteroatoms. The molecule has 16 amide bonds. The molecule has 2 heterocycles. The highest BCUT2D eigenvalue weighted by Gasteiger charge is 2.35. The average Bonchev–Trinajstić information content (AvgIpc) is 1.67. The quantitative estimate of drug-likeness (QED) is 0.0185. The van der Waals surface area contributed by atoms with Gasteiger partial charge in [0.25, 0.3) is 0 Å². The van der Waals surface area contributed by atoms with Gasteiger partial charge in [0.2, 0.25) is 94.5 Å². The minimum absolute atomic E-state index is 0.0221. The number of aliphatic hydroxyl groups excluding tert-OH is 1. The Morgan fingerprint density at radius 1 is 0.571 bits per heavy atom. The van der Waals surface area contributed by atoms with E-state index >= 15 is 0 Å². The highest BCUT2D eigenvalue weighted by atomic mass is 32.2. The van der Waals surface area contributed by atoms with Crippen molar-refractivity contribution in [1.29, 1.82) is 0 Å². The van der Waals surface area contributed by atoms with Gasteiger partial charge in [-0.15, -0.1) is 11.8 Å². The minimum atomic E-state index is -1.50. The molecule has 0 saturated heterocycles. The summed E-state index contributed by atoms with van der Waals surface area (Å²) in [6, 6.07) is -6.38. The van der Waals surface area contributed by atoms with Gasteiger partial charge in [-0.3, -0.25) is 81.5 Å². The van der Waals surface area contributed by atoms with Gasteiger partial charge in [-0.05, 0) is 82.2 Å². The van der Waals surface area contributed by atoms with Crippen molar-refractivity contribution in [2.75, 3.05) is 96.9 Å². The first kappa shape index (κ1) is 95.7. The standard InChI is InChI=1S/C69H108N20O21S2/c1-37(2)24-48(66(105)84-45(60(71)99)18-23-111-9)85-67(106)50(26-42-28-72-35-77-42)82-55(94)30-76-69(108)59(38(3)4)88-61(100)39(5)79-65(104)49(25-41-27-74-44-13-11-10-12-43(41)44)86-64(103)47(14-16-53(70)92)81-57(96)33-110-22-21-109-20-19-73-62(101)46(15-17-58(97)98)80-54(93)29-75-63(102)52(34-112-36-78-40(6)91)87-68(107)51(32-90)83-56(95)31-89(7)8/h10-13,27-28,35,37-39,45-52,59,74,90H,14-26,29-34,36H2,1-9H3,(H2,70,92)(H2,71,99)(H,72,77)(H,73,101)(H,75,102)(H,76,108)(H,78,91)(H,79,104)(H,80,93)(H,81,96)(H,82,94)(H,83,95)(H,84,105)(H,85,106)(H,86,103)(H,87,107)(H,88,100)(H,97,98)/t39-,45-,46-,47-,48-,49-,50-,51-,52-,59-/m0/s1. The summed E-state index contributed by atoms with van der Waals surface area (Å²) in [6.45, 7) is 5.60. The Kier molecular flexibility index (Phi) is 43.7. The molecule has 0 aliphatic carbocycles. The number of hydrogen-bond donors (Lipinski definition) is 20. The monoisotopic (exact) mass is 1620 g/mol. The topological polar surface area (TPSA) is 617 Å². The van der Waals surface area contributed by atoms with E-state index < -0.39 is 200 Å². The number of rotatable bonds is 55. The van der Waals surface area contributed by atoms with E-state index in [9.17, 15) is 91.7 Å². The van der Waals surface area contributed by atoms with Crippen molar-refractivity contribution in [2.24, 2.45) is 23.3 Å². The molecular formula is C69H108N20O21S2. The summed E-state index contributed by atoms with van der Waals surface area (Å²) in [7, 11) is 3.20. The number of H-pyrrole nitrogens is 2. The van der Waals surface area contributed by atoms with Crippen molar-refractivity contribution < 1.29 is 101 Å². The molecule has 1 aromatic carbocycles. The molecule has 0 aliphatic heterocycles. The number of carbonyl (C=O) groups is 17. The number of thioether (sulfide) groups is 2. The molecule has 0 unspecified atom stereocenters. The van der Waals surface area contributed by atoms with E-state index in [1.165, 1.54) is 43.0 Å². The Morgan fingerprint density at radius 2 is 1.13 bits per heavy atom. The number of aromatic amines is 2. The molecule has 622 valence electrons. The molecule has 0 saturated carbocycles. The van der Waals surface area contributed by atoms with Crippen molar-refractivity contribution in [1.82, 2.24) is 94.3 Å². The third-order valence-electron chi connectivity index (χ3n) is 16.2. The third kappa shape index (κ3) is 37.5. The van der Waals surface area contributed by atoms with E-state index in [0.717, 1.165) is 11.8 Å². The molecule has 0 fully saturated rings. The lowest BCUT2D eigenvalue weighted by Crippen LogP contribution is -2.59. The lowest BCUT2D eigenvalue weighted by atomic mass is 10.0. The maximum absolute atomic E-state index is 14.4. The molecule has 0 bridgehead atoms. The van der Waals surface area contributed by atoms with Crippen LogP contribution in [0.4, 0.5) is 0 Å². The van der Waals surface area contributed by atoms with Gasteiger partial charge >= 0.3 is 5.97 Å². The number of likely N-dealkylation sites (N-methyl/N-ethyl adjacent to an activating group) is 1. The lowest BCUT2D eigenvalue weighted by molar-refractivity contribution is -0.138. The molecule has 22 N–H and O–H groups in total. The summed E-state index contributed by atoms with van der Waals surface area (Å²) in [5.74, 6) is -14.5. The fraction of sp³-hybridized carbons (Fsp3) is 0.594. The maximum atomic E-state index is 14.4. The number of amides is 16. The number of aliphatic hydroxyl groups is 1. The number of aromatic nitrogens is 3. The van der Waals surface area contributed by atoms with Gasteiger partial charge in [-0.1, -0.05) is 45.9 Å². The van der Waals surface area contributed by atoms with Crippen LogP contribution in [0.25, 0.3) is 10.9 Å². The maximum Gasteiger partial charge on any atom is 0.303 e. The summed E-state index contributed by atoms with van der Waals surface area (Å²) in [6.07, 6.45) is 4.57. The van der Waals surface area contributed by atoms with Crippen LogP contribution in [0.1, 0.15) is 91.3 Å². The number of fused-ring (bicyclic) bond motifs is 1. The number of ether oxygens (including phenoxy) is 2. The van der Waals surface area contributed by atoms with Crippen LogP contribution in [-0.2, 0) is 104 Å². The summed E-state index contributed by atoms with van der Waals surface area (Å²) >= 11 is 2.46. The first-order valence-electron chi connectivity index (χ1n) is 35.9. The molecule has 3 rings (SSSR count). The average molecular weight is 1620 g/mol. The second-order valence-electron chi connectivity index (χ2n) is 26.8. The molecule has 112 heavy (non-hydrogen) atoms. The predicted octanol–water partition coefficient (Wildman–Crippen LogP) is -6.62. The number of nitrogens with zero attached hydrogens (tertiary/aromatic N) is 2. The number of primary amides is 2. The number of para-hydroxylation sites is 1. The number of carboxylic acid groups (broad SMARTS) is 1. The van der Waals surface area contributed by atoms with Crippen LogP contribution in [0.3, 0.4) is 0 Å². The third-order valence-corrected chi connectivity index (χ3v) is 17.8. The second kappa shape index (κ2) is 51.1. The zero-order valence-corrected chi connectivity index (χ0v) is 65.8. The molecule has 41 nitrogen and oxygen atoms in total. The van der Waals surface area contributed by atoms with Crippen molar-refractivity contribution in [2.45, 2.75) is 153 Å². The van der Waals surface area contributed by atoms with Crippen LogP contribution in [0.2, 0.25) is 0 Å². The summed E-state index contributed by atoms with van der Waals surface area (Å²) < 4.78 is 10.9. The van der Waals surface area contributed by atoms with Gasteiger partial charge in [0.1, 0.15) is 67.0 Å². The van der Waals surface area contributed by atoms with Crippen LogP contribution >= 0.6 is 23.5 Å². The van der Waals surface area contributed by atoms with Gasteiger partial charge < -0.3 is 120 Å². The fourth-order valence-electron chi connectivity index (χ4n) is 10.4. The largest absolute Gasteiger partial charge is 0.481 e. The first-order chi connectivity index (χ1) is 53.0. The van der Waals surface area contributed by atoms with E-state index in [0.29, 0.717) is 27.9 Å². The van der Waals surface area contributed by atoms with Gasteiger partial charge in [0.15, 0.2) is 0 Å². The first-order valence-corrected chi connectivity index (χ1v) is 38.4. The van der Waals surface area contributed by atoms with Crippen LogP contribution < -0.4 is 85.9 Å². The van der Waals surface area contributed by atoms with E-state index in [1.54, 1.807) is 58.4 Å². The number of carbonyl (C=O) groups excluding carboxylic acids is 16. The molecule has 10 atom stereocenters.